The van der Waals surface area contributed by atoms with Gasteiger partial charge in [0.15, 0.2) is 5.78 Å². The maximum Gasteiger partial charge on any atom is 0.167 e. The molecule has 0 aliphatic heterocycles. The van der Waals surface area contributed by atoms with Gasteiger partial charge in [0.1, 0.15) is 0 Å². The van der Waals surface area contributed by atoms with Crippen molar-refractivity contribution in [2.45, 2.75) is 37.8 Å². The van der Waals surface area contributed by atoms with E-state index in [1.165, 1.54) is 17.5 Å². The fourth-order valence-electron chi connectivity index (χ4n) is 3.70. The first-order valence-electron chi connectivity index (χ1n) is 9.69. The largest absolute Gasteiger partial charge is 0.307 e. The highest BCUT2D eigenvalue weighted by molar-refractivity contribution is 5.97. The highest BCUT2D eigenvalue weighted by Crippen LogP contribution is 2.42. The van der Waals surface area contributed by atoms with Gasteiger partial charge in [0.25, 0.3) is 0 Å². The summed E-state index contributed by atoms with van der Waals surface area (Å²) in [4.78, 5) is 12.3. The van der Waals surface area contributed by atoms with Crippen LogP contribution in [0.3, 0.4) is 0 Å². The Labute approximate surface area is 161 Å². The predicted molar refractivity (Wildman–Crippen MR) is 110 cm³/mol. The lowest BCUT2D eigenvalue weighted by molar-refractivity contribution is 0.0993. The molecule has 136 valence electrons. The summed E-state index contributed by atoms with van der Waals surface area (Å²) in [6.07, 6.45) is 1.64. The molecule has 0 amide bonds. The van der Waals surface area contributed by atoms with Crippen molar-refractivity contribution in [1.29, 1.82) is 0 Å². The minimum absolute atomic E-state index is 0.172. The standard InChI is InChI=1S/C25H25NO/c1-18(20-8-4-2-5-9-20)26-24-17-23(24)21-14-12-19(13-15-21)16-25(27)22-10-6-3-7-11-22/h2-15,18,23-24,26H,16-17H2,1H3. The first-order chi connectivity index (χ1) is 13.2. The van der Waals surface area contributed by atoms with Crippen LogP contribution in [0.15, 0.2) is 84.9 Å². The van der Waals surface area contributed by atoms with Crippen LogP contribution in [-0.4, -0.2) is 11.8 Å². The molecule has 0 bridgehead atoms. The summed E-state index contributed by atoms with van der Waals surface area (Å²) in [7, 11) is 0. The van der Waals surface area contributed by atoms with Crippen molar-refractivity contribution in [2.24, 2.45) is 0 Å². The predicted octanol–water partition coefficient (Wildman–Crippen LogP) is 5.32. The Morgan fingerprint density at radius 3 is 2.22 bits per heavy atom. The summed E-state index contributed by atoms with van der Waals surface area (Å²) in [6.45, 7) is 2.23. The normalized spacial score (nSPS) is 19.4. The third-order valence-electron chi connectivity index (χ3n) is 5.42. The molecular formula is C25H25NO. The Morgan fingerprint density at radius 2 is 1.56 bits per heavy atom. The van der Waals surface area contributed by atoms with Crippen LogP contribution in [0.25, 0.3) is 0 Å². The van der Waals surface area contributed by atoms with Gasteiger partial charge in [-0.3, -0.25) is 4.79 Å². The van der Waals surface area contributed by atoms with E-state index in [0.29, 0.717) is 24.4 Å². The molecule has 1 saturated carbocycles. The number of hydrogen-bond acceptors (Lipinski definition) is 2. The molecule has 1 N–H and O–H groups in total. The number of benzene rings is 3. The average molecular weight is 355 g/mol. The Balaban J connectivity index is 1.33. The van der Waals surface area contributed by atoms with Crippen LogP contribution in [0.4, 0.5) is 0 Å². The van der Waals surface area contributed by atoms with Gasteiger partial charge in [-0.25, -0.2) is 0 Å². The maximum atomic E-state index is 12.3. The molecule has 2 heteroatoms. The molecule has 0 radical (unpaired) electrons. The summed E-state index contributed by atoms with van der Waals surface area (Å²) in [6, 6.07) is 29.6. The van der Waals surface area contributed by atoms with Gasteiger partial charge in [-0.2, -0.15) is 0 Å². The van der Waals surface area contributed by atoms with Crippen LogP contribution in [0.1, 0.15) is 52.4 Å². The van der Waals surface area contributed by atoms with Crippen LogP contribution in [0, 0.1) is 0 Å². The number of carbonyl (C=O) groups excluding carboxylic acids is 1. The van der Waals surface area contributed by atoms with Crippen molar-refractivity contribution >= 4 is 5.78 Å². The fourth-order valence-corrected chi connectivity index (χ4v) is 3.70. The van der Waals surface area contributed by atoms with Gasteiger partial charge < -0.3 is 5.32 Å². The zero-order valence-corrected chi connectivity index (χ0v) is 15.6. The highest BCUT2D eigenvalue weighted by Gasteiger charge is 2.38. The SMILES string of the molecule is CC(NC1CC1c1ccc(CC(=O)c2ccccc2)cc1)c1ccccc1. The van der Waals surface area contributed by atoms with Gasteiger partial charge in [-0.05, 0) is 30.0 Å². The summed E-state index contributed by atoms with van der Waals surface area (Å²) in [5, 5.41) is 3.73. The molecule has 0 spiro atoms. The zero-order valence-electron chi connectivity index (χ0n) is 15.6. The number of nitrogens with one attached hydrogen (secondary N) is 1. The second-order valence-corrected chi connectivity index (χ2v) is 7.46. The summed E-state index contributed by atoms with van der Waals surface area (Å²) in [5.41, 5.74) is 4.56. The first kappa shape index (κ1) is 17.7. The van der Waals surface area contributed by atoms with Crippen LogP contribution in [0.5, 0.6) is 0 Å². The van der Waals surface area contributed by atoms with Crippen LogP contribution < -0.4 is 5.32 Å². The average Bonchev–Trinajstić information content (AvgIpc) is 3.49. The van der Waals surface area contributed by atoms with Crippen LogP contribution >= 0.6 is 0 Å². The number of Topliss-reactive ketones (excluding diaryl/α,β-unsaturated/α-hetero) is 1. The van der Waals surface area contributed by atoms with Crippen molar-refractivity contribution in [2.75, 3.05) is 0 Å². The van der Waals surface area contributed by atoms with Crippen LogP contribution in [-0.2, 0) is 6.42 Å². The van der Waals surface area contributed by atoms with Gasteiger partial charge in [0, 0.05) is 30.0 Å². The smallest absolute Gasteiger partial charge is 0.167 e. The van der Waals surface area contributed by atoms with Crippen LogP contribution in [0.2, 0.25) is 0 Å². The highest BCUT2D eigenvalue weighted by atomic mass is 16.1. The van der Waals surface area contributed by atoms with E-state index in [1.54, 1.807) is 0 Å². The molecule has 27 heavy (non-hydrogen) atoms. The van der Waals surface area contributed by atoms with E-state index in [1.807, 2.05) is 30.3 Å². The molecule has 0 aromatic heterocycles. The van der Waals surface area contributed by atoms with Gasteiger partial charge in [-0.15, -0.1) is 0 Å². The molecule has 1 fully saturated rings. The van der Waals surface area contributed by atoms with Gasteiger partial charge in [0.2, 0.25) is 0 Å². The zero-order chi connectivity index (χ0) is 18.6. The van der Waals surface area contributed by atoms with Gasteiger partial charge >= 0.3 is 0 Å². The lowest BCUT2D eigenvalue weighted by atomic mass is 10.0. The Hall–Kier alpha value is -2.71. The van der Waals surface area contributed by atoms with E-state index < -0.39 is 0 Å². The molecule has 0 heterocycles. The van der Waals surface area contributed by atoms with Gasteiger partial charge in [0.05, 0.1) is 0 Å². The molecule has 3 atom stereocenters. The molecule has 1 aliphatic rings. The summed E-state index contributed by atoms with van der Waals surface area (Å²) >= 11 is 0. The minimum atomic E-state index is 0.172. The van der Waals surface area contributed by atoms with E-state index >= 15 is 0 Å². The minimum Gasteiger partial charge on any atom is -0.307 e. The molecule has 1 aliphatic carbocycles. The number of carbonyl (C=O) groups is 1. The monoisotopic (exact) mass is 355 g/mol. The van der Waals surface area contributed by atoms with E-state index in [0.717, 1.165) is 11.1 Å². The molecular weight excluding hydrogens is 330 g/mol. The molecule has 3 aromatic rings. The van der Waals surface area contributed by atoms with E-state index in [-0.39, 0.29) is 5.78 Å². The second kappa shape index (κ2) is 7.89. The second-order valence-electron chi connectivity index (χ2n) is 7.46. The first-order valence-corrected chi connectivity index (χ1v) is 9.69. The van der Waals surface area contributed by atoms with Crippen molar-refractivity contribution < 1.29 is 4.79 Å². The molecule has 2 nitrogen and oxygen atoms in total. The Kier molecular flexibility index (Phi) is 5.17. The van der Waals surface area contributed by atoms with Crippen molar-refractivity contribution in [1.82, 2.24) is 5.32 Å². The Morgan fingerprint density at radius 1 is 0.926 bits per heavy atom. The lowest BCUT2D eigenvalue weighted by Crippen LogP contribution is -2.22. The molecule has 3 aromatic carbocycles. The number of hydrogen-bond donors (Lipinski definition) is 1. The van der Waals surface area contributed by atoms with E-state index in [9.17, 15) is 4.79 Å². The third kappa shape index (κ3) is 4.35. The third-order valence-corrected chi connectivity index (χ3v) is 5.42. The topological polar surface area (TPSA) is 29.1 Å². The van der Waals surface area contributed by atoms with Crippen molar-refractivity contribution in [3.05, 3.63) is 107 Å². The Bertz CT molecular complexity index is 887. The molecule has 3 unspecified atom stereocenters. The maximum absolute atomic E-state index is 12.3. The van der Waals surface area contributed by atoms with E-state index in [2.05, 4.69) is 66.8 Å². The fraction of sp³-hybridized carbons (Fsp3) is 0.240. The number of ketones is 1. The molecule has 0 saturated heterocycles. The van der Waals surface area contributed by atoms with Crippen molar-refractivity contribution in [3.63, 3.8) is 0 Å². The lowest BCUT2D eigenvalue weighted by Gasteiger charge is -2.14. The van der Waals surface area contributed by atoms with E-state index in [4.69, 9.17) is 0 Å². The summed E-state index contributed by atoms with van der Waals surface area (Å²) in [5.74, 6) is 0.751. The number of rotatable bonds is 7. The van der Waals surface area contributed by atoms with Crippen molar-refractivity contribution in [3.8, 4) is 0 Å². The van der Waals surface area contributed by atoms with Gasteiger partial charge in [-0.1, -0.05) is 84.9 Å². The quantitative estimate of drug-likeness (QED) is 0.581. The summed E-state index contributed by atoms with van der Waals surface area (Å²) < 4.78 is 0. The molecule has 4 rings (SSSR count).